The van der Waals surface area contributed by atoms with Gasteiger partial charge >= 0.3 is 0 Å². The number of fused-ring (bicyclic) bond motifs is 1. The van der Waals surface area contributed by atoms with Crippen LogP contribution in [-0.4, -0.2) is 25.7 Å². The minimum absolute atomic E-state index is 0.317. The van der Waals surface area contributed by atoms with Crippen LogP contribution in [-0.2, 0) is 0 Å². The Hall–Kier alpha value is -3.51. The summed E-state index contributed by atoms with van der Waals surface area (Å²) in [7, 11) is 0. The Bertz CT molecular complexity index is 1190. The molecule has 4 aromatic rings. The Morgan fingerprint density at radius 2 is 1.74 bits per heavy atom. The highest BCUT2D eigenvalue weighted by molar-refractivity contribution is 6.41. The van der Waals surface area contributed by atoms with E-state index in [1.807, 2.05) is 60.7 Å². The van der Waals surface area contributed by atoms with Gasteiger partial charge in [0, 0.05) is 0 Å². The molecule has 0 fully saturated rings. The van der Waals surface area contributed by atoms with Gasteiger partial charge in [-0.05, 0) is 23.8 Å². The molecule has 0 aliphatic carbocycles. The van der Waals surface area contributed by atoms with Gasteiger partial charge in [-0.1, -0.05) is 60.1 Å². The smallest absolute Gasteiger partial charge is 0.266 e. The first-order valence-corrected chi connectivity index (χ1v) is 8.57. The van der Waals surface area contributed by atoms with Crippen molar-refractivity contribution in [1.82, 2.24) is 19.4 Å². The number of benzene rings is 2. The lowest BCUT2D eigenvalue weighted by atomic mass is 10.2. The van der Waals surface area contributed by atoms with Crippen molar-refractivity contribution in [3.05, 3.63) is 94.1 Å². The van der Waals surface area contributed by atoms with Gasteiger partial charge in [0.2, 0.25) is 0 Å². The molecule has 0 N–H and O–H groups in total. The van der Waals surface area contributed by atoms with E-state index in [9.17, 15) is 4.79 Å². The van der Waals surface area contributed by atoms with Gasteiger partial charge in [0.25, 0.3) is 5.56 Å². The van der Waals surface area contributed by atoms with Crippen molar-refractivity contribution in [2.24, 2.45) is 5.10 Å². The average Bonchev–Trinajstić information content (AvgIpc) is 3.14. The van der Waals surface area contributed by atoms with E-state index < -0.39 is 0 Å². The topological polar surface area (TPSA) is 65.1 Å². The average molecular weight is 376 g/mol. The summed E-state index contributed by atoms with van der Waals surface area (Å²) in [6.45, 7) is 0. The lowest BCUT2D eigenvalue weighted by Crippen LogP contribution is -2.17. The number of hydrogen-bond donors (Lipinski definition) is 0. The van der Waals surface area contributed by atoms with Crippen LogP contribution in [0.25, 0.3) is 22.8 Å². The Morgan fingerprint density at radius 3 is 2.48 bits per heavy atom. The lowest BCUT2D eigenvalue weighted by Gasteiger charge is -2.02. The van der Waals surface area contributed by atoms with E-state index in [0.29, 0.717) is 16.1 Å². The third-order valence-corrected chi connectivity index (χ3v) is 4.09. The summed E-state index contributed by atoms with van der Waals surface area (Å²) in [4.78, 5) is 17.0. The fourth-order valence-electron chi connectivity index (χ4n) is 2.61. The van der Waals surface area contributed by atoms with Crippen LogP contribution >= 0.6 is 11.6 Å². The molecule has 0 spiro atoms. The molecule has 0 saturated carbocycles. The second-order valence-corrected chi connectivity index (χ2v) is 6.14. The summed E-state index contributed by atoms with van der Waals surface area (Å²) in [5, 5.41) is 9.16. The highest BCUT2D eigenvalue weighted by atomic mass is 35.5. The molecule has 0 radical (unpaired) electrons. The van der Waals surface area contributed by atoms with Crippen molar-refractivity contribution in [1.29, 1.82) is 0 Å². The molecule has 2 aromatic heterocycles. The molecule has 7 heteroatoms. The molecule has 0 atom stereocenters. The van der Waals surface area contributed by atoms with Gasteiger partial charge in [-0.2, -0.15) is 14.9 Å². The van der Waals surface area contributed by atoms with Crippen LogP contribution in [0.15, 0.2) is 88.1 Å². The van der Waals surface area contributed by atoms with E-state index in [1.54, 1.807) is 10.8 Å². The molecular weight excluding hydrogens is 362 g/mol. The van der Waals surface area contributed by atoms with E-state index in [2.05, 4.69) is 15.2 Å². The molecule has 132 valence electrons. The molecule has 2 aromatic carbocycles. The van der Waals surface area contributed by atoms with Crippen LogP contribution in [0.2, 0.25) is 0 Å². The molecule has 0 aliphatic rings. The Kier molecular flexibility index (Phi) is 4.63. The molecule has 0 saturated heterocycles. The zero-order chi connectivity index (χ0) is 18.6. The number of aromatic nitrogens is 4. The van der Waals surface area contributed by atoms with Crippen molar-refractivity contribution in [2.75, 3.05) is 0 Å². The highest BCUT2D eigenvalue weighted by Crippen LogP contribution is 2.13. The molecule has 4 rings (SSSR count). The highest BCUT2D eigenvalue weighted by Gasteiger charge is 2.10. The first-order valence-electron chi connectivity index (χ1n) is 8.20. The van der Waals surface area contributed by atoms with E-state index in [-0.39, 0.29) is 5.56 Å². The van der Waals surface area contributed by atoms with Gasteiger partial charge in [-0.25, -0.2) is 9.67 Å². The zero-order valence-corrected chi connectivity index (χ0v) is 14.9. The molecule has 0 amide bonds. The van der Waals surface area contributed by atoms with Gasteiger partial charge in [0.05, 0.1) is 23.1 Å². The summed E-state index contributed by atoms with van der Waals surface area (Å²) in [5.41, 5.74) is 1.93. The van der Waals surface area contributed by atoms with Crippen LogP contribution in [0.4, 0.5) is 0 Å². The Balaban J connectivity index is 1.67. The van der Waals surface area contributed by atoms with Gasteiger partial charge in [-0.3, -0.25) is 4.79 Å². The summed E-state index contributed by atoms with van der Waals surface area (Å²) >= 11 is 6.18. The Labute approximate surface area is 159 Å². The minimum atomic E-state index is -0.317. The van der Waals surface area contributed by atoms with E-state index >= 15 is 0 Å². The fourth-order valence-corrected chi connectivity index (χ4v) is 2.78. The predicted octanol–water partition coefficient (Wildman–Crippen LogP) is 3.70. The second-order valence-electron chi connectivity index (χ2n) is 5.71. The number of allylic oxidation sites excluding steroid dienone is 1. The van der Waals surface area contributed by atoms with Crippen molar-refractivity contribution in [3.8, 4) is 5.69 Å². The first kappa shape index (κ1) is 16.9. The third kappa shape index (κ3) is 3.56. The SMILES string of the molecule is O=c1c2cnn(-c3ccccc3)c2ncn1/N=C\C(Cl)=C\c1ccccc1. The Morgan fingerprint density at radius 1 is 1.04 bits per heavy atom. The molecule has 0 bridgehead atoms. The maximum atomic E-state index is 12.6. The van der Waals surface area contributed by atoms with Crippen molar-refractivity contribution >= 4 is 34.9 Å². The monoisotopic (exact) mass is 375 g/mol. The minimum Gasteiger partial charge on any atom is -0.266 e. The normalized spacial score (nSPS) is 12.1. The first-order chi connectivity index (χ1) is 13.2. The number of rotatable bonds is 4. The van der Waals surface area contributed by atoms with Crippen LogP contribution in [0, 0.1) is 0 Å². The van der Waals surface area contributed by atoms with Gasteiger partial charge in [0.15, 0.2) is 5.65 Å². The number of nitrogens with zero attached hydrogens (tertiary/aromatic N) is 5. The largest absolute Gasteiger partial charge is 0.285 e. The second kappa shape index (κ2) is 7.39. The molecule has 27 heavy (non-hydrogen) atoms. The van der Waals surface area contributed by atoms with Crippen molar-refractivity contribution in [3.63, 3.8) is 0 Å². The van der Waals surface area contributed by atoms with Crippen LogP contribution < -0.4 is 5.56 Å². The molecule has 0 aliphatic heterocycles. The zero-order valence-electron chi connectivity index (χ0n) is 14.1. The quantitative estimate of drug-likeness (QED) is 0.511. The van der Waals surface area contributed by atoms with E-state index in [1.165, 1.54) is 18.7 Å². The van der Waals surface area contributed by atoms with Crippen LogP contribution in [0.1, 0.15) is 5.56 Å². The van der Waals surface area contributed by atoms with Crippen molar-refractivity contribution < 1.29 is 0 Å². The summed E-state index contributed by atoms with van der Waals surface area (Å²) in [6, 6.07) is 19.1. The van der Waals surface area contributed by atoms with E-state index in [4.69, 9.17) is 11.6 Å². The van der Waals surface area contributed by atoms with Crippen molar-refractivity contribution in [2.45, 2.75) is 0 Å². The maximum Gasteiger partial charge on any atom is 0.285 e. The summed E-state index contributed by atoms with van der Waals surface area (Å²) < 4.78 is 2.76. The van der Waals surface area contributed by atoms with Crippen LogP contribution in [0.5, 0.6) is 0 Å². The summed E-state index contributed by atoms with van der Waals surface area (Å²) in [5.74, 6) is 0. The summed E-state index contributed by atoms with van der Waals surface area (Å²) in [6.07, 6.45) is 6.01. The molecule has 6 nitrogen and oxygen atoms in total. The number of halogens is 1. The number of para-hydroxylation sites is 1. The van der Waals surface area contributed by atoms with E-state index in [0.717, 1.165) is 15.9 Å². The maximum absolute atomic E-state index is 12.6. The van der Waals surface area contributed by atoms with Gasteiger partial charge in [-0.15, -0.1) is 0 Å². The standard InChI is InChI=1S/C20H14ClN5O/c21-16(11-15-7-3-1-4-8-15)12-23-25-14-22-19-18(20(25)27)13-24-26(19)17-9-5-2-6-10-17/h1-14H/b16-11-,23-12-. The number of hydrogen-bond acceptors (Lipinski definition) is 4. The molecular formula is C20H14ClN5O. The third-order valence-electron chi connectivity index (χ3n) is 3.88. The van der Waals surface area contributed by atoms with Gasteiger partial charge in [0.1, 0.15) is 11.7 Å². The predicted molar refractivity (Wildman–Crippen MR) is 107 cm³/mol. The molecule has 0 unspecified atom stereocenters. The fraction of sp³-hybridized carbons (Fsp3) is 0. The lowest BCUT2D eigenvalue weighted by molar-refractivity contribution is 0.810. The van der Waals surface area contributed by atoms with Crippen LogP contribution in [0.3, 0.4) is 0 Å². The molecule has 2 heterocycles. The van der Waals surface area contributed by atoms with Gasteiger partial charge < -0.3 is 0 Å².